The van der Waals surface area contributed by atoms with E-state index in [2.05, 4.69) is 10.3 Å². The van der Waals surface area contributed by atoms with Crippen molar-refractivity contribution in [2.24, 2.45) is 17.8 Å². The molecule has 4 heterocycles. The fourth-order valence-corrected chi connectivity index (χ4v) is 11.1. The number of aliphatic hydroxyl groups excluding tert-OH is 3. The van der Waals surface area contributed by atoms with Crippen LogP contribution in [0.15, 0.2) is 36.5 Å². The number of para-hydroxylation sites is 1. The highest BCUT2D eigenvalue weighted by Crippen LogP contribution is 2.40. The summed E-state index contributed by atoms with van der Waals surface area (Å²) in [5.41, 5.74) is -2.70. The van der Waals surface area contributed by atoms with Gasteiger partial charge in [0.05, 0.1) is 47.1 Å². The van der Waals surface area contributed by atoms with Crippen LogP contribution in [-0.2, 0) is 44.4 Å². The summed E-state index contributed by atoms with van der Waals surface area (Å²) < 4.78 is 38.1. The molecule has 0 aliphatic carbocycles. The number of cyclic esters (lactones) is 1. The molecular weight excluding hydrogens is 889 g/mol. The predicted molar refractivity (Wildman–Crippen MR) is 261 cm³/mol. The number of fused-ring (bicyclic) bond motifs is 1. The van der Waals surface area contributed by atoms with Crippen LogP contribution in [0.5, 0.6) is 0 Å². The van der Waals surface area contributed by atoms with Gasteiger partial charge in [0.2, 0.25) is 5.91 Å². The molecular formula is C52H86N4O13. The number of rotatable bonds is 14. The number of amides is 1. The number of aromatic nitrogens is 1. The van der Waals surface area contributed by atoms with E-state index in [-0.39, 0.29) is 43.2 Å². The van der Waals surface area contributed by atoms with E-state index in [1.807, 2.05) is 81.9 Å². The molecule has 1 aromatic carbocycles. The summed E-state index contributed by atoms with van der Waals surface area (Å²) in [6.45, 7) is 18.7. The first-order valence-electron chi connectivity index (χ1n) is 25.2. The van der Waals surface area contributed by atoms with Gasteiger partial charge in [-0.3, -0.25) is 19.5 Å². The van der Waals surface area contributed by atoms with Crippen LogP contribution in [0.3, 0.4) is 0 Å². The molecule has 0 saturated carbocycles. The first kappa shape index (κ1) is 57.0. The van der Waals surface area contributed by atoms with Crippen LogP contribution in [0, 0.1) is 17.8 Å². The van der Waals surface area contributed by atoms with Crippen LogP contribution in [0.1, 0.15) is 113 Å². The van der Waals surface area contributed by atoms with E-state index < -0.39 is 96.0 Å². The monoisotopic (exact) mass is 975 g/mol. The van der Waals surface area contributed by atoms with Crippen molar-refractivity contribution in [2.45, 2.75) is 204 Å². The van der Waals surface area contributed by atoms with Crippen LogP contribution in [0.2, 0.25) is 0 Å². The number of ether oxygens (including phenoxy) is 6. The van der Waals surface area contributed by atoms with E-state index in [9.17, 15) is 35.1 Å². The molecule has 18 atom stereocenters. The number of carbonyl (C=O) groups is 2. The third-order valence-electron chi connectivity index (χ3n) is 15.3. The normalized spacial score (nSPS) is 40.2. The number of likely N-dealkylation sites (N-methyl/N-ethyl adjacent to an activating group) is 1. The van der Waals surface area contributed by atoms with Crippen molar-refractivity contribution in [1.82, 2.24) is 20.1 Å². The second-order valence-corrected chi connectivity index (χ2v) is 21.4. The minimum atomic E-state index is -1.91. The zero-order valence-corrected chi connectivity index (χ0v) is 43.5. The molecule has 3 aliphatic heterocycles. The highest BCUT2D eigenvalue weighted by Gasteiger charge is 2.53. The highest BCUT2D eigenvalue weighted by atomic mass is 16.7. The number of aryl methyl sites for hydroxylation is 1. The van der Waals surface area contributed by atoms with Gasteiger partial charge in [0.1, 0.15) is 30.0 Å². The van der Waals surface area contributed by atoms with E-state index in [0.29, 0.717) is 45.3 Å². The second-order valence-electron chi connectivity index (χ2n) is 21.4. The molecule has 0 unspecified atom stereocenters. The molecule has 392 valence electrons. The summed E-state index contributed by atoms with van der Waals surface area (Å²) in [5, 5.41) is 64.1. The van der Waals surface area contributed by atoms with E-state index >= 15 is 0 Å². The Kier molecular flexibility index (Phi) is 20.0. The zero-order valence-electron chi connectivity index (χ0n) is 43.5. The molecule has 69 heavy (non-hydrogen) atoms. The van der Waals surface area contributed by atoms with Crippen LogP contribution in [0.4, 0.5) is 0 Å². The summed E-state index contributed by atoms with van der Waals surface area (Å²) in [6.07, 6.45) is -5.87. The molecule has 1 amide bonds. The van der Waals surface area contributed by atoms with Crippen molar-refractivity contribution in [3.05, 3.63) is 42.1 Å². The summed E-state index contributed by atoms with van der Waals surface area (Å²) in [5.74, 6) is -2.96. The molecule has 0 bridgehead atoms. The van der Waals surface area contributed by atoms with Crippen molar-refractivity contribution in [3.63, 3.8) is 0 Å². The number of carbonyl (C=O) groups excluding carboxylic acids is 2. The largest absolute Gasteiger partial charge is 0.459 e. The lowest BCUT2D eigenvalue weighted by Gasteiger charge is -2.48. The van der Waals surface area contributed by atoms with Gasteiger partial charge in [-0.1, -0.05) is 39.0 Å². The number of benzene rings is 1. The van der Waals surface area contributed by atoms with Gasteiger partial charge in [-0.2, -0.15) is 0 Å². The van der Waals surface area contributed by atoms with Gasteiger partial charge in [0.25, 0.3) is 0 Å². The zero-order chi connectivity index (χ0) is 51.2. The fraction of sp³-hybridized carbons (Fsp3) is 0.788. The number of hydrogen-bond acceptors (Lipinski definition) is 16. The third kappa shape index (κ3) is 13.8. The van der Waals surface area contributed by atoms with Crippen LogP contribution >= 0.6 is 0 Å². The molecule has 1 aromatic heterocycles. The Labute approximate surface area is 410 Å². The van der Waals surface area contributed by atoms with E-state index in [0.717, 1.165) is 16.5 Å². The molecule has 0 spiro atoms. The molecule has 3 aliphatic rings. The van der Waals surface area contributed by atoms with E-state index in [4.69, 9.17) is 28.4 Å². The third-order valence-corrected chi connectivity index (χ3v) is 15.3. The maximum Gasteiger partial charge on any atom is 0.311 e. The number of nitrogens with one attached hydrogen (secondary N) is 1. The van der Waals surface area contributed by atoms with Crippen LogP contribution in [-0.4, -0.2) is 183 Å². The Hall–Kier alpha value is -2.91. The molecule has 17 nitrogen and oxygen atoms in total. The Morgan fingerprint density at radius 1 is 0.971 bits per heavy atom. The number of esters is 1. The van der Waals surface area contributed by atoms with Crippen molar-refractivity contribution in [1.29, 1.82) is 0 Å². The minimum absolute atomic E-state index is 0.0918. The number of nitrogens with zero attached hydrogens (tertiary/aromatic N) is 3. The highest BCUT2D eigenvalue weighted by molar-refractivity contribution is 5.83. The van der Waals surface area contributed by atoms with Gasteiger partial charge in [0.15, 0.2) is 12.6 Å². The lowest BCUT2D eigenvalue weighted by atomic mass is 9.77. The van der Waals surface area contributed by atoms with Gasteiger partial charge >= 0.3 is 5.97 Å². The summed E-state index contributed by atoms with van der Waals surface area (Å²) >= 11 is 0. The van der Waals surface area contributed by atoms with Gasteiger partial charge in [-0.15, -0.1) is 0 Å². The quantitative estimate of drug-likeness (QED) is 0.117. The van der Waals surface area contributed by atoms with Gasteiger partial charge < -0.3 is 64.2 Å². The summed E-state index contributed by atoms with van der Waals surface area (Å²) in [6, 6.07) is 8.80. The Balaban J connectivity index is 1.45. The molecule has 3 saturated heterocycles. The first-order chi connectivity index (χ1) is 32.3. The number of hydrogen-bond donors (Lipinski definition) is 6. The van der Waals surface area contributed by atoms with Crippen molar-refractivity contribution in [3.8, 4) is 0 Å². The molecule has 5 rings (SSSR count). The standard InChI is InChI=1S/C52H86N4O13/c1-14-40-52(10,63)45(59)34(6)56(25-17-23-54-41(57)21-20-36-22-24-53-38-19-16-15-18-37(36)38)29-30(2)27-50(8,62)47(69-49-43(58)39(55(11)12)26-31(3)65-49)32(4)44(33(5)48(61)67-40)68-42-28-51(9,64-13)46(60)35(7)66-42/h15-16,18-19,22,24,30-35,39-40,42-47,49,58-60,62-63H,14,17,20-21,23,25-29H2,1-13H3,(H,54,57)/t30-,31-,32+,33-,34-,35+,39+,40-,42+,43-,44+,45-,46+,47-,49+,50-,51-,52-/m1/s1. The smallest absolute Gasteiger partial charge is 0.311 e. The van der Waals surface area contributed by atoms with Crippen molar-refractivity contribution in [2.75, 3.05) is 40.8 Å². The Morgan fingerprint density at radius 2 is 1.67 bits per heavy atom. The van der Waals surface area contributed by atoms with E-state index in [1.165, 1.54) is 14.0 Å². The summed E-state index contributed by atoms with van der Waals surface area (Å²) in [7, 11) is 5.26. The average molecular weight is 975 g/mol. The Morgan fingerprint density at radius 3 is 2.33 bits per heavy atom. The average Bonchev–Trinajstić information content (AvgIpc) is 3.30. The number of aliphatic hydroxyl groups is 5. The first-order valence-corrected chi connectivity index (χ1v) is 25.2. The molecule has 6 N–H and O–H groups in total. The SMILES string of the molecule is CC[C@H]1OC(=O)[C@H](C)[C@@H](O[C@H]2C[C@@](C)(OC)[C@@H](O)[C@H](C)O2)[C@H](C)[C@@H](O[C@@H]2O[C@H](C)C[C@H](N(C)C)[C@H]2O)[C@](C)(O)C[C@@H](C)CN(CCCNC(=O)CCc2ccnc3ccccc23)[C@H](C)[C@@H](O)[C@]1(C)O. The number of pyridine rings is 1. The minimum Gasteiger partial charge on any atom is -0.459 e. The van der Waals surface area contributed by atoms with Gasteiger partial charge in [0, 0.05) is 69.2 Å². The van der Waals surface area contributed by atoms with Crippen molar-refractivity contribution < 1.29 is 63.5 Å². The lowest BCUT2D eigenvalue weighted by Crippen LogP contribution is -2.60. The van der Waals surface area contributed by atoms with Gasteiger partial charge in [-0.05, 0) is 118 Å². The second kappa shape index (κ2) is 24.2. The molecule has 2 aromatic rings. The summed E-state index contributed by atoms with van der Waals surface area (Å²) in [4.78, 5) is 36.1. The molecule has 0 radical (unpaired) electrons. The topological polar surface area (TPSA) is 222 Å². The molecule has 17 heteroatoms. The maximum atomic E-state index is 14.6. The van der Waals surface area contributed by atoms with Crippen LogP contribution < -0.4 is 5.32 Å². The fourth-order valence-electron chi connectivity index (χ4n) is 11.1. The van der Waals surface area contributed by atoms with E-state index in [1.54, 1.807) is 40.8 Å². The van der Waals surface area contributed by atoms with Crippen LogP contribution in [0.25, 0.3) is 10.9 Å². The Bertz CT molecular complexity index is 1950. The lowest BCUT2D eigenvalue weighted by molar-refractivity contribution is -0.318. The van der Waals surface area contributed by atoms with Crippen molar-refractivity contribution >= 4 is 22.8 Å². The predicted octanol–water partition coefficient (Wildman–Crippen LogP) is 3.96. The van der Waals surface area contributed by atoms with Gasteiger partial charge in [-0.25, -0.2) is 0 Å². The molecule has 3 fully saturated rings. The maximum absolute atomic E-state index is 14.6. The number of methoxy groups -OCH3 is 1.